The van der Waals surface area contributed by atoms with Crippen molar-refractivity contribution in [1.82, 2.24) is 4.90 Å². The van der Waals surface area contributed by atoms with Crippen molar-refractivity contribution in [3.05, 3.63) is 34.1 Å². The molecule has 1 aromatic carbocycles. The Morgan fingerprint density at radius 3 is 2.55 bits per heavy atom. The molecule has 0 aliphatic heterocycles. The van der Waals surface area contributed by atoms with Gasteiger partial charge in [0.2, 0.25) is 5.91 Å². The van der Waals surface area contributed by atoms with Crippen molar-refractivity contribution < 1.29 is 14.1 Å². The first kappa shape index (κ1) is 15.9. The monoisotopic (exact) mass is 283 g/mol. The first-order chi connectivity index (χ1) is 9.40. The van der Waals surface area contributed by atoms with E-state index >= 15 is 0 Å². The molecule has 0 aliphatic rings. The van der Waals surface area contributed by atoms with E-state index in [1.165, 1.54) is 0 Å². The third-order valence-corrected chi connectivity index (χ3v) is 2.97. The number of amides is 1. The number of hydrogen-bond donors (Lipinski definition) is 1. The number of carbonyl (C=O) groups is 1. The zero-order valence-electron chi connectivity index (χ0n) is 11.7. The van der Waals surface area contributed by atoms with Crippen molar-refractivity contribution >= 4 is 17.3 Å². The van der Waals surface area contributed by atoms with E-state index in [0.717, 1.165) is 18.2 Å². The summed E-state index contributed by atoms with van der Waals surface area (Å²) in [5.74, 6) is -0.783. The van der Waals surface area contributed by atoms with E-state index in [2.05, 4.69) is 5.32 Å². The summed E-state index contributed by atoms with van der Waals surface area (Å²) < 4.78 is 13.2. The summed E-state index contributed by atoms with van der Waals surface area (Å²) >= 11 is 0. The topological polar surface area (TPSA) is 75.5 Å². The molecule has 1 N–H and O–H groups in total. The molecule has 0 aromatic heterocycles. The van der Waals surface area contributed by atoms with Gasteiger partial charge in [-0.15, -0.1) is 0 Å². The number of rotatable bonds is 6. The third kappa shape index (κ3) is 3.66. The lowest BCUT2D eigenvalue weighted by atomic mass is 10.2. The Bertz CT molecular complexity index is 504. The molecule has 20 heavy (non-hydrogen) atoms. The molecular weight excluding hydrogens is 265 g/mol. The maximum Gasteiger partial charge on any atom is 0.292 e. The minimum Gasteiger partial charge on any atom is -0.368 e. The molecule has 1 rings (SSSR count). The fraction of sp³-hybridized carbons (Fsp3) is 0.462. The van der Waals surface area contributed by atoms with Crippen LogP contribution in [0.25, 0.3) is 0 Å². The van der Waals surface area contributed by atoms with Crippen LogP contribution in [-0.4, -0.2) is 34.9 Å². The number of likely N-dealkylation sites (N-methyl/N-ethyl adjacent to an activating group) is 1. The number of carbonyl (C=O) groups excluding carboxylic acids is 1. The number of nitro benzene ring substituents is 1. The van der Waals surface area contributed by atoms with Gasteiger partial charge in [-0.1, -0.05) is 0 Å². The van der Waals surface area contributed by atoms with E-state index in [1.54, 1.807) is 11.8 Å². The summed E-state index contributed by atoms with van der Waals surface area (Å²) in [6, 6.07) is 2.44. The van der Waals surface area contributed by atoms with E-state index in [1.807, 2.05) is 13.8 Å². The molecule has 0 fully saturated rings. The molecule has 1 aromatic rings. The van der Waals surface area contributed by atoms with Crippen molar-refractivity contribution in [3.63, 3.8) is 0 Å². The zero-order valence-corrected chi connectivity index (χ0v) is 11.7. The van der Waals surface area contributed by atoms with E-state index in [-0.39, 0.29) is 17.3 Å². The molecule has 0 spiro atoms. The van der Waals surface area contributed by atoms with Crippen molar-refractivity contribution in [2.75, 3.05) is 18.4 Å². The maximum atomic E-state index is 13.2. The zero-order chi connectivity index (χ0) is 15.3. The van der Waals surface area contributed by atoms with Crippen LogP contribution in [0.2, 0.25) is 0 Å². The molecule has 1 atom stereocenters. The van der Waals surface area contributed by atoms with Crippen LogP contribution in [0.5, 0.6) is 0 Å². The van der Waals surface area contributed by atoms with Crippen LogP contribution < -0.4 is 5.32 Å². The van der Waals surface area contributed by atoms with Gasteiger partial charge in [0, 0.05) is 25.2 Å². The van der Waals surface area contributed by atoms with Crippen molar-refractivity contribution in [3.8, 4) is 0 Å². The standard InChI is InChI=1S/C13H18FN3O3/c1-4-16(5-2)13(18)9(3)15-11-8-10(14)6-7-12(11)17(19)20/h6-9,15H,4-5H2,1-3H3. The van der Waals surface area contributed by atoms with Crippen molar-refractivity contribution in [2.24, 2.45) is 0 Å². The van der Waals surface area contributed by atoms with Gasteiger partial charge in [-0.2, -0.15) is 0 Å². The van der Waals surface area contributed by atoms with Gasteiger partial charge in [0.25, 0.3) is 5.69 Å². The maximum absolute atomic E-state index is 13.2. The average molecular weight is 283 g/mol. The molecule has 0 saturated heterocycles. The largest absolute Gasteiger partial charge is 0.368 e. The van der Waals surface area contributed by atoms with Gasteiger partial charge in [0.1, 0.15) is 17.5 Å². The van der Waals surface area contributed by atoms with Gasteiger partial charge in [0.05, 0.1) is 4.92 Å². The predicted molar refractivity (Wildman–Crippen MR) is 74.1 cm³/mol. The smallest absolute Gasteiger partial charge is 0.292 e. The second-order valence-corrected chi connectivity index (χ2v) is 4.30. The molecule has 0 heterocycles. The van der Waals surface area contributed by atoms with E-state index in [0.29, 0.717) is 13.1 Å². The van der Waals surface area contributed by atoms with Gasteiger partial charge in [-0.25, -0.2) is 4.39 Å². The number of nitro groups is 1. The highest BCUT2D eigenvalue weighted by Gasteiger charge is 2.22. The molecule has 1 unspecified atom stereocenters. The number of hydrogen-bond acceptors (Lipinski definition) is 4. The minimum absolute atomic E-state index is 0.00278. The quantitative estimate of drug-likeness (QED) is 0.642. The lowest BCUT2D eigenvalue weighted by Gasteiger charge is -2.23. The Morgan fingerprint density at radius 2 is 2.05 bits per heavy atom. The lowest BCUT2D eigenvalue weighted by molar-refractivity contribution is -0.384. The molecule has 0 bridgehead atoms. The van der Waals surface area contributed by atoms with E-state index < -0.39 is 16.8 Å². The minimum atomic E-state index is -0.671. The average Bonchev–Trinajstić information content (AvgIpc) is 2.39. The van der Waals surface area contributed by atoms with Gasteiger partial charge in [-0.05, 0) is 26.8 Å². The van der Waals surface area contributed by atoms with Crippen LogP contribution in [0.4, 0.5) is 15.8 Å². The van der Waals surface area contributed by atoms with Crippen LogP contribution in [0.3, 0.4) is 0 Å². The number of benzene rings is 1. The molecule has 110 valence electrons. The van der Waals surface area contributed by atoms with Gasteiger partial charge < -0.3 is 10.2 Å². The second kappa shape index (κ2) is 6.83. The Hall–Kier alpha value is -2.18. The highest BCUT2D eigenvalue weighted by molar-refractivity contribution is 5.85. The summed E-state index contributed by atoms with van der Waals surface area (Å²) in [5, 5.41) is 13.6. The Kier molecular flexibility index (Phi) is 5.42. The summed E-state index contributed by atoms with van der Waals surface area (Å²) in [5.41, 5.74) is -0.256. The van der Waals surface area contributed by atoms with Crippen LogP contribution in [-0.2, 0) is 4.79 Å². The van der Waals surface area contributed by atoms with Crippen molar-refractivity contribution in [1.29, 1.82) is 0 Å². The van der Waals surface area contributed by atoms with Crippen LogP contribution in [0, 0.1) is 15.9 Å². The first-order valence-corrected chi connectivity index (χ1v) is 6.39. The number of nitrogens with one attached hydrogen (secondary N) is 1. The first-order valence-electron chi connectivity index (χ1n) is 6.39. The van der Waals surface area contributed by atoms with E-state index in [9.17, 15) is 19.3 Å². The number of halogens is 1. The summed E-state index contributed by atoms with van der Waals surface area (Å²) in [7, 11) is 0. The number of anilines is 1. The highest BCUT2D eigenvalue weighted by Crippen LogP contribution is 2.25. The molecular formula is C13H18FN3O3. The van der Waals surface area contributed by atoms with Gasteiger partial charge in [-0.3, -0.25) is 14.9 Å². The summed E-state index contributed by atoms with van der Waals surface area (Å²) in [6.07, 6.45) is 0. The molecule has 7 heteroatoms. The normalized spacial score (nSPS) is 11.8. The molecule has 0 radical (unpaired) electrons. The van der Waals surface area contributed by atoms with Gasteiger partial charge >= 0.3 is 0 Å². The molecule has 0 aliphatic carbocycles. The van der Waals surface area contributed by atoms with Crippen molar-refractivity contribution in [2.45, 2.75) is 26.8 Å². The third-order valence-electron chi connectivity index (χ3n) is 2.97. The Balaban J connectivity index is 2.95. The van der Waals surface area contributed by atoms with E-state index in [4.69, 9.17) is 0 Å². The van der Waals surface area contributed by atoms with Crippen LogP contribution in [0.15, 0.2) is 18.2 Å². The summed E-state index contributed by atoms with van der Waals surface area (Å²) in [4.78, 5) is 23.9. The number of nitrogens with zero attached hydrogens (tertiary/aromatic N) is 2. The highest BCUT2D eigenvalue weighted by atomic mass is 19.1. The Morgan fingerprint density at radius 1 is 1.45 bits per heavy atom. The predicted octanol–water partition coefficient (Wildman–Crippen LogP) is 2.40. The lowest BCUT2D eigenvalue weighted by Crippen LogP contribution is -2.41. The Labute approximate surface area is 116 Å². The van der Waals surface area contributed by atoms with Gasteiger partial charge in [0.15, 0.2) is 0 Å². The van der Waals surface area contributed by atoms with Crippen LogP contribution in [0.1, 0.15) is 20.8 Å². The SMILES string of the molecule is CCN(CC)C(=O)C(C)Nc1cc(F)ccc1[N+](=O)[O-]. The molecule has 1 amide bonds. The fourth-order valence-electron chi connectivity index (χ4n) is 1.89. The summed E-state index contributed by atoms with van der Waals surface area (Å²) in [6.45, 7) is 6.38. The molecule has 6 nitrogen and oxygen atoms in total. The molecule has 0 saturated carbocycles. The fourth-order valence-corrected chi connectivity index (χ4v) is 1.89. The van der Waals surface area contributed by atoms with Crippen LogP contribution >= 0.6 is 0 Å². The second-order valence-electron chi connectivity index (χ2n) is 4.30.